The van der Waals surface area contributed by atoms with Crippen LogP contribution in [0.5, 0.6) is 0 Å². The molecule has 1 fully saturated rings. The Hall–Kier alpha value is -1.56. The van der Waals surface area contributed by atoms with E-state index in [1.807, 2.05) is 41.8 Å². The molecule has 0 bridgehead atoms. The lowest BCUT2D eigenvalue weighted by molar-refractivity contribution is -0.139. The van der Waals surface area contributed by atoms with Gasteiger partial charge < -0.3 is 0 Å². The molecule has 6 heteroatoms. The average molecular weight is 432 g/mol. The van der Waals surface area contributed by atoms with Crippen LogP contribution in [-0.2, 0) is 9.59 Å². The quantitative estimate of drug-likeness (QED) is 0.526. The molecule has 2 heterocycles. The molecule has 1 aliphatic carbocycles. The van der Waals surface area contributed by atoms with Crippen LogP contribution in [0.25, 0.3) is 5.57 Å². The highest BCUT2D eigenvalue weighted by Gasteiger charge is 2.43. The number of thiophene rings is 1. The monoisotopic (exact) mass is 431 g/mol. The van der Waals surface area contributed by atoms with E-state index in [4.69, 9.17) is 11.6 Å². The smallest absolute Gasteiger partial charge is 0.268 e. The third kappa shape index (κ3) is 4.07. The molecule has 0 atom stereocenters. The van der Waals surface area contributed by atoms with Gasteiger partial charge in [0.2, 0.25) is 0 Å². The Morgan fingerprint density at radius 2 is 1.61 bits per heavy atom. The Balaban J connectivity index is 1.68. The maximum atomic E-state index is 13.4. The first-order chi connectivity index (χ1) is 13.6. The molecular formula is C22H22ClNO2S2. The molecule has 0 saturated heterocycles. The van der Waals surface area contributed by atoms with E-state index in [1.165, 1.54) is 42.4 Å². The summed E-state index contributed by atoms with van der Waals surface area (Å²) in [5, 5.41) is 2.60. The largest absolute Gasteiger partial charge is 0.271 e. The minimum atomic E-state index is -0.140. The number of benzene rings is 1. The second-order valence-corrected chi connectivity index (χ2v) is 9.68. The second kappa shape index (κ2) is 8.85. The topological polar surface area (TPSA) is 37.4 Å². The van der Waals surface area contributed by atoms with Crippen molar-refractivity contribution in [2.75, 3.05) is 0 Å². The Morgan fingerprint density at radius 1 is 0.929 bits per heavy atom. The Morgan fingerprint density at radius 3 is 2.25 bits per heavy atom. The molecule has 4 rings (SSSR count). The standard InChI is InChI=1S/C22H22ClNO2S2/c23-15-10-12-17(13-11-15)28-20-19(18-9-6-14-27-18)21(25)24(22(20)26)16-7-4-2-1-3-5-8-16/h6,9-14,16H,1-5,7-8H2. The maximum absolute atomic E-state index is 13.4. The van der Waals surface area contributed by atoms with Crippen LogP contribution >= 0.6 is 34.7 Å². The van der Waals surface area contributed by atoms with Crippen LogP contribution in [0.15, 0.2) is 51.6 Å². The molecule has 2 aromatic rings. The van der Waals surface area contributed by atoms with Gasteiger partial charge in [-0.2, -0.15) is 0 Å². The highest BCUT2D eigenvalue weighted by molar-refractivity contribution is 8.04. The van der Waals surface area contributed by atoms with Crippen LogP contribution in [0, 0.1) is 0 Å². The summed E-state index contributed by atoms with van der Waals surface area (Å²) in [5.74, 6) is -0.270. The number of halogens is 1. The molecule has 0 unspecified atom stereocenters. The molecule has 1 aliphatic heterocycles. The summed E-state index contributed by atoms with van der Waals surface area (Å²) >= 11 is 8.87. The number of amides is 2. The van der Waals surface area contributed by atoms with E-state index in [9.17, 15) is 9.59 Å². The number of nitrogens with zero attached hydrogens (tertiary/aromatic N) is 1. The Bertz CT molecular complexity index is 882. The predicted molar refractivity (Wildman–Crippen MR) is 117 cm³/mol. The summed E-state index contributed by atoms with van der Waals surface area (Å²) in [4.78, 5) is 30.6. The van der Waals surface area contributed by atoms with Gasteiger partial charge in [0, 0.05) is 20.8 Å². The second-order valence-electron chi connectivity index (χ2n) is 7.22. The third-order valence-electron chi connectivity index (χ3n) is 5.31. The first-order valence-electron chi connectivity index (χ1n) is 9.74. The minimum Gasteiger partial charge on any atom is -0.271 e. The van der Waals surface area contributed by atoms with Gasteiger partial charge in [-0.15, -0.1) is 11.3 Å². The van der Waals surface area contributed by atoms with E-state index in [2.05, 4.69) is 0 Å². The van der Waals surface area contributed by atoms with Gasteiger partial charge in [0.25, 0.3) is 11.8 Å². The Kier molecular flexibility index (Phi) is 6.24. The van der Waals surface area contributed by atoms with Gasteiger partial charge in [0.15, 0.2) is 0 Å². The van der Waals surface area contributed by atoms with Crippen molar-refractivity contribution in [2.45, 2.75) is 55.9 Å². The van der Waals surface area contributed by atoms with Gasteiger partial charge in [0.1, 0.15) is 0 Å². The van der Waals surface area contributed by atoms with Gasteiger partial charge in [-0.1, -0.05) is 61.5 Å². The number of thioether (sulfide) groups is 1. The van der Waals surface area contributed by atoms with Crippen molar-refractivity contribution in [1.29, 1.82) is 0 Å². The molecule has 1 aromatic heterocycles. The maximum Gasteiger partial charge on any atom is 0.268 e. The van der Waals surface area contributed by atoms with Crippen LogP contribution in [0.4, 0.5) is 0 Å². The summed E-state index contributed by atoms with van der Waals surface area (Å²) in [7, 11) is 0. The van der Waals surface area contributed by atoms with Crippen molar-refractivity contribution < 1.29 is 9.59 Å². The van der Waals surface area contributed by atoms with Gasteiger partial charge >= 0.3 is 0 Å². The van der Waals surface area contributed by atoms with Gasteiger partial charge in [0.05, 0.1) is 10.5 Å². The first-order valence-corrected chi connectivity index (χ1v) is 11.8. The van der Waals surface area contributed by atoms with E-state index in [0.29, 0.717) is 15.5 Å². The van der Waals surface area contributed by atoms with Crippen molar-refractivity contribution in [3.63, 3.8) is 0 Å². The number of carbonyl (C=O) groups excluding carboxylic acids is 2. The van der Waals surface area contributed by atoms with Crippen LogP contribution in [0.2, 0.25) is 5.02 Å². The summed E-state index contributed by atoms with van der Waals surface area (Å²) in [6.07, 6.45) is 7.60. The van der Waals surface area contributed by atoms with E-state index in [-0.39, 0.29) is 17.9 Å². The third-order valence-corrected chi connectivity index (χ3v) is 7.54. The molecular weight excluding hydrogens is 410 g/mol. The number of hydrogen-bond donors (Lipinski definition) is 0. The summed E-state index contributed by atoms with van der Waals surface area (Å²) < 4.78 is 0. The van der Waals surface area contributed by atoms with Gasteiger partial charge in [-0.05, 0) is 48.6 Å². The molecule has 1 saturated carbocycles. The van der Waals surface area contributed by atoms with Gasteiger partial charge in [-0.3, -0.25) is 14.5 Å². The first kappa shape index (κ1) is 19.7. The lowest BCUT2D eigenvalue weighted by Crippen LogP contribution is -2.41. The zero-order chi connectivity index (χ0) is 19.5. The van der Waals surface area contributed by atoms with Crippen molar-refractivity contribution in [3.05, 3.63) is 56.6 Å². The number of carbonyl (C=O) groups is 2. The summed E-state index contributed by atoms with van der Waals surface area (Å²) in [6.45, 7) is 0. The minimum absolute atomic E-state index is 0.0126. The van der Waals surface area contributed by atoms with Crippen molar-refractivity contribution in [3.8, 4) is 0 Å². The molecule has 0 N–H and O–H groups in total. The van der Waals surface area contributed by atoms with Crippen molar-refractivity contribution in [1.82, 2.24) is 4.90 Å². The number of hydrogen-bond acceptors (Lipinski definition) is 4. The summed E-state index contributed by atoms with van der Waals surface area (Å²) in [6, 6.07) is 11.3. The van der Waals surface area contributed by atoms with Crippen molar-refractivity contribution in [2.24, 2.45) is 0 Å². The molecule has 0 radical (unpaired) electrons. The normalized spacial score (nSPS) is 19.2. The molecule has 146 valence electrons. The molecule has 2 aliphatic rings. The zero-order valence-electron chi connectivity index (χ0n) is 15.5. The molecule has 3 nitrogen and oxygen atoms in total. The average Bonchev–Trinajstić information content (AvgIpc) is 3.25. The molecule has 28 heavy (non-hydrogen) atoms. The number of rotatable bonds is 4. The highest BCUT2D eigenvalue weighted by Crippen LogP contribution is 2.42. The van der Waals surface area contributed by atoms with Crippen LogP contribution in [0.3, 0.4) is 0 Å². The summed E-state index contributed by atoms with van der Waals surface area (Å²) in [5.41, 5.74) is 0.557. The van der Waals surface area contributed by atoms with E-state index >= 15 is 0 Å². The molecule has 0 spiro atoms. The lowest BCUT2D eigenvalue weighted by Gasteiger charge is -2.28. The number of imide groups is 1. The fourth-order valence-corrected chi connectivity index (χ4v) is 5.86. The highest BCUT2D eigenvalue weighted by atomic mass is 35.5. The predicted octanol–water partition coefficient (Wildman–Crippen LogP) is 6.39. The fraction of sp³-hybridized carbons (Fsp3) is 0.364. The molecule has 2 amide bonds. The SMILES string of the molecule is O=C1C(Sc2ccc(Cl)cc2)=C(c2cccs2)C(=O)N1C1CCCCCCC1. The zero-order valence-corrected chi connectivity index (χ0v) is 17.9. The lowest BCUT2D eigenvalue weighted by atomic mass is 9.95. The Labute approximate surface area is 178 Å². The van der Waals surface area contributed by atoms with Crippen LogP contribution < -0.4 is 0 Å². The van der Waals surface area contributed by atoms with E-state index in [0.717, 1.165) is 35.5 Å². The van der Waals surface area contributed by atoms with Crippen LogP contribution in [0.1, 0.15) is 49.8 Å². The van der Waals surface area contributed by atoms with Crippen molar-refractivity contribution >= 4 is 52.1 Å². The fourth-order valence-electron chi connectivity index (χ4n) is 3.90. The molecule has 1 aromatic carbocycles. The van der Waals surface area contributed by atoms with Crippen LogP contribution in [-0.4, -0.2) is 22.8 Å². The van der Waals surface area contributed by atoms with Gasteiger partial charge in [-0.25, -0.2) is 0 Å². The van der Waals surface area contributed by atoms with E-state index in [1.54, 1.807) is 4.90 Å². The van der Waals surface area contributed by atoms with E-state index < -0.39 is 0 Å².